The largest absolute Gasteiger partial charge is 0.311 e. The van der Waals surface area contributed by atoms with E-state index in [1.165, 1.54) is 24.8 Å². The minimum absolute atomic E-state index is 0.116. The van der Waals surface area contributed by atoms with Gasteiger partial charge in [0.2, 0.25) is 5.91 Å². The molecule has 1 aliphatic rings. The first-order valence-electron chi connectivity index (χ1n) is 9.32. The van der Waals surface area contributed by atoms with E-state index < -0.39 is 0 Å². The monoisotopic (exact) mass is 336 g/mol. The lowest BCUT2D eigenvalue weighted by Gasteiger charge is -2.33. The Hall–Kier alpha value is -2.13. The van der Waals surface area contributed by atoms with Crippen molar-refractivity contribution in [3.63, 3.8) is 0 Å². The van der Waals surface area contributed by atoms with Crippen molar-refractivity contribution < 1.29 is 4.79 Å². The van der Waals surface area contributed by atoms with Gasteiger partial charge in [-0.1, -0.05) is 48.5 Å². The third-order valence-electron chi connectivity index (χ3n) is 5.16. The van der Waals surface area contributed by atoms with E-state index in [9.17, 15) is 4.79 Å². The fourth-order valence-electron chi connectivity index (χ4n) is 3.68. The molecule has 0 saturated carbocycles. The number of likely N-dealkylation sites (tertiary alicyclic amines) is 1. The van der Waals surface area contributed by atoms with Crippen molar-refractivity contribution >= 4 is 11.6 Å². The molecule has 1 aliphatic heterocycles. The van der Waals surface area contributed by atoms with E-state index in [0.29, 0.717) is 0 Å². The van der Waals surface area contributed by atoms with E-state index in [0.717, 1.165) is 37.8 Å². The van der Waals surface area contributed by atoms with Gasteiger partial charge in [0.15, 0.2) is 0 Å². The van der Waals surface area contributed by atoms with E-state index in [1.54, 1.807) is 6.92 Å². The molecule has 3 rings (SSSR count). The van der Waals surface area contributed by atoms with E-state index in [2.05, 4.69) is 35.2 Å². The van der Waals surface area contributed by atoms with Crippen molar-refractivity contribution in [3.8, 4) is 0 Å². The van der Waals surface area contributed by atoms with Crippen LogP contribution in [0.2, 0.25) is 0 Å². The molecular formula is C22H28N2O. The van der Waals surface area contributed by atoms with Crippen molar-refractivity contribution in [2.24, 2.45) is 5.92 Å². The van der Waals surface area contributed by atoms with Gasteiger partial charge in [-0.15, -0.1) is 0 Å². The van der Waals surface area contributed by atoms with Crippen LogP contribution in [0.25, 0.3) is 0 Å². The van der Waals surface area contributed by atoms with Crippen molar-refractivity contribution in [2.45, 2.75) is 26.2 Å². The summed E-state index contributed by atoms with van der Waals surface area (Å²) in [4.78, 5) is 16.4. The molecule has 0 atom stereocenters. The minimum Gasteiger partial charge on any atom is -0.311 e. The molecule has 3 heteroatoms. The van der Waals surface area contributed by atoms with Gasteiger partial charge in [0.05, 0.1) is 0 Å². The van der Waals surface area contributed by atoms with Crippen molar-refractivity contribution in [2.75, 3.05) is 31.1 Å². The number of anilines is 1. The zero-order chi connectivity index (χ0) is 17.5. The molecular weight excluding hydrogens is 308 g/mol. The smallest absolute Gasteiger partial charge is 0.223 e. The summed E-state index contributed by atoms with van der Waals surface area (Å²) in [5.41, 5.74) is 2.45. The Kier molecular flexibility index (Phi) is 6.24. The molecule has 1 fully saturated rings. The first-order chi connectivity index (χ1) is 12.2. The van der Waals surface area contributed by atoms with E-state index in [4.69, 9.17) is 0 Å². The zero-order valence-corrected chi connectivity index (χ0v) is 15.1. The second-order valence-corrected chi connectivity index (χ2v) is 6.98. The van der Waals surface area contributed by atoms with Crippen molar-refractivity contribution in [1.29, 1.82) is 0 Å². The Morgan fingerprint density at radius 3 is 2.20 bits per heavy atom. The van der Waals surface area contributed by atoms with E-state index in [1.807, 2.05) is 35.2 Å². The molecule has 1 saturated heterocycles. The molecule has 1 heterocycles. The molecule has 0 aromatic heterocycles. The molecule has 3 nitrogen and oxygen atoms in total. The summed E-state index contributed by atoms with van der Waals surface area (Å²) >= 11 is 0. The summed E-state index contributed by atoms with van der Waals surface area (Å²) < 4.78 is 0. The van der Waals surface area contributed by atoms with Crippen molar-refractivity contribution in [3.05, 3.63) is 66.2 Å². The lowest BCUT2D eigenvalue weighted by atomic mass is 9.90. The summed E-state index contributed by atoms with van der Waals surface area (Å²) in [5, 5.41) is 0. The molecule has 2 aromatic rings. The lowest BCUT2D eigenvalue weighted by molar-refractivity contribution is -0.116. The number of hydrogen-bond donors (Lipinski definition) is 0. The van der Waals surface area contributed by atoms with Gasteiger partial charge in [0, 0.05) is 25.7 Å². The highest BCUT2D eigenvalue weighted by atomic mass is 16.2. The van der Waals surface area contributed by atoms with Gasteiger partial charge >= 0.3 is 0 Å². The summed E-state index contributed by atoms with van der Waals surface area (Å²) in [6.07, 6.45) is 3.69. The fraction of sp³-hybridized carbons (Fsp3) is 0.409. The summed E-state index contributed by atoms with van der Waals surface area (Å²) in [6.45, 7) is 5.64. The van der Waals surface area contributed by atoms with Crippen LogP contribution in [0, 0.1) is 5.92 Å². The van der Waals surface area contributed by atoms with E-state index >= 15 is 0 Å². The lowest BCUT2D eigenvalue weighted by Crippen LogP contribution is -2.41. The third kappa shape index (κ3) is 5.17. The highest BCUT2D eigenvalue weighted by Gasteiger charge is 2.20. The van der Waals surface area contributed by atoms with Crippen LogP contribution in [0.4, 0.5) is 5.69 Å². The van der Waals surface area contributed by atoms with Crippen LogP contribution in [0.15, 0.2) is 60.7 Å². The molecule has 25 heavy (non-hydrogen) atoms. The molecule has 1 amide bonds. The average molecular weight is 336 g/mol. The van der Waals surface area contributed by atoms with Gasteiger partial charge in [0.1, 0.15) is 0 Å². The number of carbonyl (C=O) groups is 1. The molecule has 0 spiro atoms. The standard InChI is InChI=1S/C22H28N2O/c1-19(25)24(22-10-6-3-7-11-22)17-16-23-14-12-21(13-15-23)18-20-8-4-2-5-9-20/h2-11,21H,12-18H2,1H3. The van der Waals surface area contributed by atoms with Gasteiger partial charge in [-0.25, -0.2) is 0 Å². The number of benzene rings is 2. The number of carbonyl (C=O) groups excluding carboxylic acids is 1. The normalized spacial score (nSPS) is 15.9. The maximum Gasteiger partial charge on any atom is 0.223 e. The molecule has 132 valence electrons. The third-order valence-corrected chi connectivity index (χ3v) is 5.16. The maximum absolute atomic E-state index is 12.0. The summed E-state index contributed by atoms with van der Waals surface area (Å²) in [5.74, 6) is 0.904. The molecule has 0 aliphatic carbocycles. The summed E-state index contributed by atoms with van der Waals surface area (Å²) in [6, 6.07) is 20.8. The number of hydrogen-bond acceptors (Lipinski definition) is 2. The average Bonchev–Trinajstić information content (AvgIpc) is 2.65. The highest BCUT2D eigenvalue weighted by molar-refractivity contribution is 5.91. The van der Waals surface area contributed by atoms with Crippen LogP contribution < -0.4 is 4.90 Å². The topological polar surface area (TPSA) is 23.6 Å². The fourth-order valence-corrected chi connectivity index (χ4v) is 3.68. The second-order valence-electron chi connectivity index (χ2n) is 6.98. The van der Waals surface area contributed by atoms with Gasteiger partial charge in [-0.05, 0) is 56.0 Å². The van der Waals surface area contributed by atoms with Gasteiger partial charge in [0.25, 0.3) is 0 Å². The zero-order valence-electron chi connectivity index (χ0n) is 15.1. The number of rotatable bonds is 6. The van der Waals surface area contributed by atoms with E-state index in [-0.39, 0.29) is 5.91 Å². The van der Waals surface area contributed by atoms with Gasteiger partial charge < -0.3 is 9.80 Å². The van der Waals surface area contributed by atoms with Gasteiger partial charge in [-0.3, -0.25) is 4.79 Å². The molecule has 0 unspecified atom stereocenters. The Morgan fingerprint density at radius 1 is 1.00 bits per heavy atom. The first kappa shape index (κ1) is 17.7. The van der Waals surface area contributed by atoms with Crippen LogP contribution in [-0.4, -0.2) is 37.0 Å². The van der Waals surface area contributed by atoms with Crippen LogP contribution >= 0.6 is 0 Å². The van der Waals surface area contributed by atoms with Crippen LogP contribution in [0.5, 0.6) is 0 Å². The van der Waals surface area contributed by atoms with Gasteiger partial charge in [-0.2, -0.15) is 0 Å². The van der Waals surface area contributed by atoms with Crippen LogP contribution in [-0.2, 0) is 11.2 Å². The predicted molar refractivity (Wildman–Crippen MR) is 104 cm³/mol. The summed E-state index contributed by atoms with van der Waals surface area (Å²) in [7, 11) is 0. The van der Waals surface area contributed by atoms with Crippen LogP contribution in [0.1, 0.15) is 25.3 Å². The molecule has 0 N–H and O–H groups in total. The highest BCUT2D eigenvalue weighted by Crippen LogP contribution is 2.22. The predicted octanol–water partition coefficient (Wildman–Crippen LogP) is 3.99. The Labute approximate surface area is 151 Å². The SMILES string of the molecule is CC(=O)N(CCN1CCC(Cc2ccccc2)CC1)c1ccccc1. The second kappa shape index (κ2) is 8.82. The number of nitrogens with zero attached hydrogens (tertiary/aromatic N) is 2. The molecule has 0 radical (unpaired) electrons. The Bertz CT molecular complexity index is 648. The number of amides is 1. The maximum atomic E-state index is 12.0. The number of piperidine rings is 1. The number of para-hydroxylation sites is 1. The minimum atomic E-state index is 0.116. The Balaban J connectivity index is 1.46. The molecule has 0 bridgehead atoms. The quantitative estimate of drug-likeness (QED) is 0.796. The van der Waals surface area contributed by atoms with Crippen LogP contribution in [0.3, 0.4) is 0 Å². The Morgan fingerprint density at radius 2 is 1.60 bits per heavy atom. The van der Waals surface area contributed by atoms with Crippen molar-refractivity contribution in [1.82, 2.24) is 4.90 Å². The first-order valence-corrected chi connectivity index (χ1v) is 9.32. The molecule has 2 aromatic carbocycles.